The van der Waals surface area contributed by atoms with Crippen molar-refractivity contribution in [1.82, 2.24) is 14.5 Å². The summed E-state index contributed by atoms with van der Waals surface area (Å²) in [5.41, 5.74) is 6.08. The summed E-state index contributed by atoms with van der Waals surface area (Å²) >= 11 is 0. The number of aromatic nitrogens is 3. The first-order chi connectivity index (χ1) is 21.2. The number of ether oxygens (including phenoxy) is 1. The van der Waals surface area contributed by atoms with E-state index < -0.39 is 0 Å². The third-order valence-electron chi connectivity index (χ3n) is 7.70. The summed E-state index contributed by atoms with van der Waals surface area (Å²) in [5.74, 6) is 1.79. The Bertz CT molecular complexity index is 2270. The molecule has 1 N–H and O–H groups in total. The molecule has 0 spiro atoms. The monoisotopic (exact) mass is 749 g/mol. The maximum absolute atomic E-state index is 11.1. The Morgan fingerprint density at radius 3 is 2.16 bits per heavy atom. The van der Waals surface area contributed by atoms with Gasteiger partial charge in [0.15, 0.2) is 0 Å². The van der Waals surface area contributed by atoms with Gasteiger partial charge in [0.05, 0.1) is 0 Å². The minimum Gasteiger partial charge on any atom is -0.506 e. The van der Waals surface area contributed by atoms with Crippen LogP contribution in [0.15, 0.2) is 140 Å². The quantitative estimate of drug-likeness (QED) is 0.178. The topological polar surface area (TPSA) is 60.2 Å². The Hall–Kier alpha value is -5.25. The number of para-hydroxylation sites is 1. The van der Waals surface area contributed by atoms with Crippen molar-refractivity contribution in [3.8, 4) is 45.5 Å². The van der Waals surface area contributed by atoms with Gasteiger partial charge in [-0.3, -0.25) is 0 Å². The van der Waals surface area contributed by atoms with Gasteiger partial charge in [0, 0.05) is 49.5 Å². The average molecular weight is 750 g/mol. The number of rotatable bonds is 5. The molecule has 0 aliphatic rings. The van der Waals surface area contributed by atoms with Crippen molar-refractivity contribution in [2.45, 2.75) is 0 Å². The van der Waals surface area contributed by atoms with Crippen molar-refractivity contribution >= 4 is 32.7 Å². The number of fused-ring (bicyclic) bond motifs is 4. The second kappa shape index (κ2) is 11.4. The average Bonchev–Trinajstić information content (AvgIpc) is 3.39. The van der Waals surface area contributed by atoms with Crippen LogP contribution in [0.4, 0.5) is 0 Å². The maximum atomic E-state index is 11.1. The Kier molecular flexibility index (Phi) is 7.17. The van der Waals surface area contributed by atoms with Crippen molar-refractivity contribution < 1.29 is 30.9 Å². The molecule has 8 rings (SSSR count). The Balaban J connectivity index is 0.00000312. The van der Waals surface area contributed by atoms with Crippen LogP contribution >= 0.6 is 0 Å². The number of hydrogen-bond donors (Lipinski definition) is 1. The van der Waals surface area contributed by atoms with Gasteiger partial charge in [0.1, 0.15) is 17.1 Å². The number of phenolic OH excluding ortho intramolecular Hbond substituents is 1. The summed E-state index contributed by atoms with van der Waals surface area (Å²) in [7, 11) is 0. The van der Waals surface area contributed by atoms with Gasteiger partial charge in [0.2, 0.25) is 5.88 Å². The molecule has 8 aromatic rings. The zero-order chi connectivity index (χ0) is 28.8. The first-order valence-electron chi connectivity index (χ1n) is 14.1. The van der Waals surface area contributed by atoms with E-state index in [1.807, 2.05) is 103 Å². The third-order valence-corrected chi connectivity index (χ3v) is 7.70. The van der Waals surface area contributed by atoms with E-state index in [-0.39, 0.29) is 26.8 Å². The normalized spacial score (nSPS) is 11.1. The molecule has 0 unspecified atom stereocenters. The van der Waals surface area contributed by atoms with Gasteiger partial charge in [-0.05, 0) is 58.5 Å². The van der Waals surface area contributed by atoms with Gasteiger partial charge in [0.25, 0.3) is 0 Å². The molecule has 44 heavy (non-hydrogen) atoms. The molecular formula is C38H24N3O2Pt-. The molecule has 0 fully saturated rings. The van der Waals surface area contributed by atoms with Gasteiger partial charge in [-0.25, -0.2) is 9.97 Å². The van der Waals surface area contributed by atoms with Gasteiger partial charge in [-0.2, -0.15) is 6.07 Å². The molecule has 0 atom stereocenters. The molecule has 0 aliphatic heterocycles. The van der Waals surface area contributed by atoms with E-state index in [1.54, 1.807) is 12.3 Å². The summed E-state index contributed by atoms with van der Waals surface area (Å²) in [5, 5.41) is 14.1. The largest absolute Gasteiger partial charge is 0.506 e. The zero-order valence-electron chi connectivity index (χ0n) is 23.3. The van der Waals surface area contributed by atoms with Gasteiger partial charge >= 0.3 is 0 Å². The molecule has 6 heteroatoms. The van der Waals surface area contributed by atoms with Crippen LogP contribution in [-0.2, 0) is 21.1 Å². The maximum Gasteiger partial charge on any atom is 0.225 e. The summed E-state index contributed by atoms with van der Waals surface area (Å²) < 4.78 is 8.62. The molecule has 0 aliphatic carbocycles. The number of pyridine rings is 2. The third kappa shape index (κ3) is 4.82. The Morgan fingerprint density at radius 1 is 0.659 bits per heavy atom. The fourth-order valence-electron chi connectivity index (χ4n) is 5.71. The summed E-state index contributed by atoms with van der Waals surface area (Å²) in [6, 6.07) is 47.5. The number of phenols is 1. The smallest absolute Gasteiger partial charge is 0.225 e. The molecule has 0 radical (unpaired) electrons. The number of nitrogens with zero attached hydrogens (tertiary/aromatic N) is 3. The standard InChI is InChI=1S/C38H24N3O2.Pt/c42-35-23-27(25-11-3-1-4-12-25)21-28-22-32(26-13-5-2-6-14-26)38(40-37(28)35)43-29-18-19-31-30-15-7-8-16-33(30)41(34(31)24-29)36-17-9-10-20-39-36;/h1-23,42H;/q-1;. The number of benzene rings is 5. The molecule has 5 nitrogen and oxygen atoms in total. The van der Waals surface area contributed by atoms with E-state index in [2.05, 4.69) is 39.9 Å². The number of hydrogen-bond acceptors (Lipinski definition) is 4. The van der Waals surface area contributed by atoms with Crippen LogP contribution in [0.2, 0.25) is 0 Å². The molecule has 3 aromatic heterocycles. The molecule has 5 aromatic carbocycles. The Morgan fingerprint density at radius 2 is 1.39 bits per heavy atom. The Labute approximate surface area is 268 Å². The van der Waals surface area contributed by atoms with Crippen molar-refractivity contribution in [1.29, 1.82) is 0 Å². The van der Waals surface area contributed by atoms with Gasteiger partial charge in [-0.1, -0.05) is 90.4 Å². The van der Waals surface area contributed by atoms with Crippen LogP contribution < -0.4 is 4.74 Å². The van der Waals surface area contributed by atoms with Crippen LogP contribution in [0.1, 0.15) is 0 Å². The second-order valence-electron chi connectivity index (χ2n) is 10.4. The van der Waals surface area contributed by atoms with Crippen LogP contribution in [0.3, 0.4) is 0 Å². The molecule has 0 amide bonds. The van der Waals surface area contributed by atoms with Crippen LogP contribution in [0.25, 0.3) is 60.8 Å². The predicted molar refractivity (Wildman–Crippen MR) is 172 cm³/mol. The minimum atomic E-state index is 0. The fourth-order valence-corrected chi connectivity index (χ4v) is 5.71. The first-order valence-corrected chi connectivity index (χ1v) is 14.1. The van der Waals surface area contributed by atoms with E-state index >= 15 is 0 Å². The van der Waals surface area contributed by atoms with Crippen molar-refractivity contribution in [2.24, 2.45) is 0 Å². The van der Waals surface area contributed by atoms with E-state index in [1.165, 1.54) is 0 Å². The molecule has 214 valence electrons. The SMILES string of the molecule is Oc1cc(-c2ccccc2)cc2cc(-c3ccccc3)c(Oc3[c-]c4c(cc3)c3ccccc3n4-c3ccccn3)nc12.[Pt]. The molecule has 0 saturated heterocycles. The summed E-state index contributed by atoms with van der Waals surface area (Å²) in [4.78, 5) is 9.50. The minimum absolute atomic E-state index is 0. The van der Waals surface area contributed by atoms with Crippen LogP contribution in [-0.4, -0.2) is 19.6 Å². The molecular weight excluding hydrogens is 726 g/mol. The summed E-state index contributed by atoms with van der Waals surface area (Å²) in [6.45, 7) is 0. The molecule has 0 saturated carbocycles. The fraction of sp³-hybridized carbons (Fsp3) is 0. The van der Waals surface area contributed by atoms with E-state index in [0.717, 1.165) is 55.3 Å². The van der Waals surface area contributed by atoms with Crippen molar-refractivity contribution in [3.05, 3.63) is 146 Å². The molecule has 0 bridgehead atoms. The number of aromatic hydroxyl groups is 1. The zero-order valence-corrected chi connectivity index (χ0v) is 25.6. The summed E-state index contributed by atoms with van der Waals surface area (Å²) in [6.07, 6.45) is 1.79. The van der Waals surface area contributed by atoms with Crippen molar-refractivity contribution in [2.75, 3.05) is 0 Å². The van der Waals surface area contributed by atoms with Gasteiger partial charge < -0.3 is 14.4 Å². The van der Waals surface area contributed by atoms with E-state index in [4.69, 9.17) is 9.72 Å². The van der Waals surface area contributed by atoms with Crippen molar-refractivity contribution in [3.63, 3.8) is 0 Å². The second-order valence-corrected chi connectivity index (χ2v) is 10.4. The first kappa shape index (κ1) is 27.6. The van der Waals surface area contributed by atoms with Crippen LogP contribution in [0, 0.1) is 6.07 Å². The van der Waals surface area contributed by atoms with E-state index in [9.17, 15) is 5.11 Å². The van der Waals surface area contributed by atoms with E-state index in [0.29, 0.717) is 17.1 Å². The molecule has 3 heterocycles. The van der Waals surface area contributed by atoms with Crippen LogP contribution in [0.5, 0.6) is 17.4 Å². The predicted octanol–water partition coefficient (Wildman–Crippen LogP) is 9.36. The van der Waals surface area contributed by atoms with Gasteiger partial charge in [-0.15, -0.1) is 17.5 Å².